The van der Waals surface area contributed by atoms with E-state index in [1.165, 1.54) is 11.3 Å². The number of hydrogen-bond donors (Lipinski definition) is 0. The molecule has 190 valence electrons. The zero-order valence-electron chi connectivity index (χ0n) is 21.4. The van der Waals surface area contributed by atoms with Crippen LogP contribution in [0.5, 0.6) is 5.75 Å². The van der Waals surface area contributed by atoms with Gasteiger partial charge in [0.2, 0.25) is 0 Å². The van der Waals surface area contributed by atoms with Crippen LogP contribution in [0.4, 0.5) is 0 Å². The van der Waals surface area contributed by atoms with Crippen LogP contribution in [0.25, 0.3) is 17.0 Å². The molecule has 0 spiro atoms. The van der Waals surface area contributed by atoms with Crippen LogP contribution >= 0.6 is 11.3 Å². The zero-order valence-corrected chi connectivity index (χ0v) is 22.2. The van der Waals surface area contributed by atoms with Crippen LogP contribution in [-0.2, 0) is 16.6 Å². The molecule has 5 rings (SSSR count). The van der Waals surface area contributed by atoms with Gasteiger partial charge < -0.3 is 14.0 Å². The maximum absolute atomic E-state index is 14.0. The first-order valence-corrected chi connectivity index (χ1v) is 13.2. The second-order valence-electron chi connectivity index (χ2n) is 8.87. The molecule has 3 heterocycles. The van der Waals surface area contributed by atoms with Gasteiger partial charge in [0.1, 0.15) is 11.8 Å². The van der Waals surface area contributed by atoms with Crippen molar-refractivity contribution in [3.8, 4) is 5.75 Å². The number of aryl methyl sites for hydroxylation is 1. The van der Waals surface area contributed by atoms with Gasteiger partial charge >= 0.3 is 5.97 Å². The molecule has 0 saturated carbocycles. The van der Waals surface area contributed by atoms with Crippen LogP contribution in [-0.4, -0.2) is 28.8 Å². The van der Waals surface area contributed by atoms with E-state index in [0.717, 1.165) is 28.5 Å². The number of ether oxygens (including phenoxy) is 2. The fraction of sp³-hybridized carbons (Fsp3) is 0.276. The number of rotatable bonds is 7. The highest BCUT2D eigenvalue weighted by atomic mass is 32.1. The monoisotopic (exact) mass is 515 g/mol. The van der Waals surface area contributed by atoms with Gasteiger partial charge in [-0.3, -0.25) is 9.36 Å². The topological polar surface area (TPSA) is 74.8 Å². The largest absolute Gasteiger partial charge is 0.496 e. The number of para-hydroxylation sites is 2. The molecule has 2 aromatic heterocycles. The van der Waals surface area contributed by atoms with E-state index >= 15 is 0 Å². The zero-order chi connectivity index (χ0) is 26.1. The average Bonchev–Trinajstić information content (AvgIpc) is 3.39. The Balaban J connectivity index is 1.80. The van der Waals surface area contributed by atoms with E-state index in [4.69, 9.17) is 14.5 Å². The summed E-state index contributed by atoms with van der Waals surface area (Å²) < 4.78 is 15.4. The summed E-state index contributed by atoms with van der Waals surface area (Å²) in [5, 5.41) is 1.07. The lowest BCUT2D eigenvalue weighted by molar-refractivity contribution is -0.139. The van der Waals surface area contributed by atoms with Crippen LogP contribution in [0.15, 0.2) is 75.8 Å². The van der Waals surface area contributed by atoms with Gasteiger partial charge in [0, 0.05) is 35.3 Å². The van der Waals surface area contributed by atoms with Crippen LogP contribution in [0.1, 0.15) is 43.9 Å². The normalized spacial score (nSPS) is 15.6. The molecule has 0 aliphatic carbocycles. The molecule has 0 N–H and O–H groups in total. The summed E-state index contributed by atoms with van der Waals surface area (Å²) in [6.07, 6.45) is 5.32. The minimum atomic E-state index is -0.706. The molecule has 1 aliphatic heterocycles. The minimum Gasteiger partial charge on any atom is -0.496 e. The van der Waals surface area contributed by atoms with Gasteiger partial charge in [0.25, 0.3) is 5.56 Å². The quantitative estimate of drug-likeness (QED) is 0.348. The summed E-state index contributed by atoms with van der Waals surface area (Å²) >= 11 is 1.34. The standard InChI is InChI=1S/C29H29N3O4S/c1-5-11-21-25(28(34)36-6-2)26(20-13-8-10-15-23(20)35-4)32-27(33)24(37-29(32)30-21)16-18-17-31(3)22-14-9-7-12-19(18)22/h7-10,12-17,26H,5-6,11H2,1-4H3/b24-16+. The molecule has 4 aromatic rings. The summed E-state index contributed by atoms with van der Waals surface area (Å²) in [7, 11) is 3.58. The van der Waals surface area contributed by atoms with Gasteiger partial charge in [0.15, 0.2) is 4.80 Å². The Bertz CT molecular complexity index is 1710. The number of allylic oxidation sites excluding steroid dienone is 1. The van der Waals surface area contributed by atoms with Crippen molar-refractivity contribution < 1.29 is 14.3 Å². The van der Waals surface area contributed by atoms with Crippen molar-refractivity contribution in [3.63, 3.8) is 0 Å². The highest BCUT2D eigenvalue weighted by Gasteiger charge is 2.35. The van der Waals surface area contributed by atoms with Crippen molar-refractivity contribution in [1.29, 1.82) is 0 Å². The molecular formula is C29H29N3O4S. The van der Waals surface area contributed by atoms with Gasteiger partial charge in [-0.05, 0) is 31.6 Å². The van der Waals surface area contributed by atoms with Crippen molar-refractivity contribution in [1.82, 2.24) is 9.13 Å². The third kappa shape index (κ3) is 4.31. The van der Waals surface area contributed by atoms with E-state index in [1.807, 2.05) is 73.3 Å². The second-order valence-corrected chi connectivity index (χ2v) is 9.88. The summed E-state index contributed by atoms with van der Waals surface area (Å²) in [6, 6.07) is 14.9. The third-order valence-electron chi connectivity index (χ3n) is 6.54. The first-order chi connectivity index (χ1) is 18.0. The van der Waals surface area contributed by atoms with Gasteiger partial charge in [0.05, 0.1) is 29.5 Å². The lowest BCUT2D eigenvalue weighted by Crippen LogP contribution is -2.40. The fourth-order valence-corrected chi connectivity index (χ4v) is 5.95. The van der Waals surface area contributed by atoms with E-state index in [-0.39, 0.29) is 12.2 Å². The first kappa shape index (κ1) is 24.8. The molecule has 0 saturated heterocycles. The lowest BCUT2D eigenvalue weighted by atomic mass is 9.93. The maximum atomic E-state index is 14.0. The van der Waals surface area contributed by atoms with Crippen LogP contribution in [0.2, 0.25) is 0 Å². The van der Waals surface area contributed by atoms with E-state index < -0.39 is 12.0 Å². The van der Waals surface area contributed by atoms with Crippen molar-refractivity contribution in [2.75, 3.05) is 13.7 Å². The SMILES string of the molecule is CCCC1=C(C(=O)OCC)C(c2ccccc2OC)n2c(s/c(=C/c3cn(C)c4ccccc34)c2=O)=N1. The van der Waals surface area contributed by atoms with Gasteiger partial charge in [-0.25, -0.2) is 9.79 Å². The molecule has 7 nitrogen and oxygen atoms in total. The van der Waals surface area contributed by atoms with E-state index in [2.05, 4.69) is 6.07 Å². The molecule has 0 amide bonds. The molecule has 0 radical (unpaired) electrons. The number of hydrogen-bond acceptors (Lipinski definition) is 6. The van der Waals surface area contributed by atoms with Crippen LogP contribution in [0.3, 0.4) is 0 Å². The van der Waals surface area contributed by atoms with E-state index in [9.17, 15) is 9.59 Å². The second kappa shape index (κ2) is 10.2. The molecule has 0 fully saturated rings. The van der Waals surface area contributed by atoms with Crippen molar-refractivity contribution in [3.05, 3.63) is 96.8 Å². The summed E-state index contributed by atoms with van der Waals surface area (Å²) in [4.78, 5) is 32.7. The summed E-state index contributed by atoms with van der Waals surface area (Å²) in [5.74, 6) is 0.129. The summed E-state index contributed by atoms with van der Waals surface area (Å²) in [5.41, 5.74) is 3.59. The smallest absolute Gasteiger partial charge is 0.338 e. The highest BCUT2D eigenvalue weighted by molar-refractivity contribution is 7.07. The predicted octanol–water partition coefficient (Wildman–Crippen LogP) is 4.08. The minimum absolute atomic E-state index is 0.204. The molecular weight excluding hydrogens is 486 g/mol. The van der Waals surface area contributed by atoms with Crippen LogP contribution in [0, 0.1) is 0 Å². The average molecular weight is 516 g/mol. The Labute approximate surface area is 218 Å². The van der Waals surface area contributed by atoms with Gasteiger partial charge in [-0.2, -0.15) is 0 Å². The predicted molar refractivity (Wildman–Crippen MR) is 146 cm³/mol. The molecule has 0 bridgehead atoms. The number of nitrogens with zero attached hydrogens (tertiary/aromatic N) is 3. The van der Waals surface area contributed by atoms with Gasteiger partial charge in [-0.1, -0.05) is 61.1 Å². The van der Waals surface area contributed by atoms with Gasteiger partial charge in [-0.15, -0.1) is 0 Å². The molecule has 1 atom stereocenters. The lowest BCUT2D eigenvalue weighted by Gasteiger charge is -2.26. The number of esters is 1. The maximum Gasteiger partial charge on any atom is 0.338 e. The Kier molecular flexibility index (Phi) is 6.84. The van der Waals surface area contributed by atoms with Crippen molar-refractivity contribution in [2.45, 2.75) is 32.7 Å². The molecule has 1 unspecified atom stereocenters. The van der Waals surface area contributed by atoms with E-state index in [1.54, 1.807) is 18.6 Å². The Hall–Kier alpha value is -3.91. The number of carbonyl (C=O) groups is 1. The molecule has 2 aromatic carbocycles. The van der Waals surface area contributed by atoms with Crippen molar-refractivity contribution >= 4 is 34.3 Å². The third-order valence-corrected chi connectivity index (χ3v) is 7.52. The highest BCUT2D eigenvalue weighted by Crippen LogP contribution is 2.36. The number of aromatic nitrogens is 2. The Morgan fingerprint density at radius 3 is 2.65 bits per heavy atom. The van der Waals surface area contributed by atoms with Crippen molar-refractivity contribution in [2.24, 2.45) is 12.0 Å². The number of fused-ring (bicyclic) bond motifs is 2. The Morgan fingerprint density at radius 1 is 1.14 bits per heavy atom. The number of benzene rings is 2. The van der Waals surface area contributed by atoms with Crippen LogP contribution < -0.4 is 19.6 Å². The number of carbonyl (C=O) groups excluding carboxylic acids is 1. The number of thiazole rings is 1. The number of methoxy groups -OCH3 is 1. The Morgan fingerprint density at radius 2 is 1.89 bits per heavy atom. The van der Waals surface area contributed by atoms with E-state index in [0.29, 0.717) is 32.8 Å². The molecule has 8 heteroatoms. The summed E-state index contributed by atoms with van der Waals surface area (Å²) in [6.45, 7) is 4.04. The molecule has 37 heavy (non-hydrogen) atoms. The fourth-order valence-electron chi connectivity index (χ4n) is 4.94. The molecule has 1 aliphatic rings. The first-order valence-electron chi connectivity index (χ1n) is 12.4.